The number of anilines is 1. The number of hydrogen-bond acceptors (Lipinski definition) is 5. The molecule has 4 rings (SSSR count). The van der Waals surface area contributed by atoms with Gasteiger partial charge in [0.2, 0.25) is 5.95 Å². The lowest BCUT2D eigenvalue weighted by atomic mass is 9.71. The summed E-state index contributed by atoms with van der Waals surface area (Å²) >= 11 is 0. The van der Waals surface area contributed by atoms with Gasteiger partial charge in [-0.3, -0.25) is 5.10 Å². The van der Waals surface area contributed by atoms with Crippen molar-refractivity contribution >= 4 is 5.95 Å². The molecule has 3 heterocycles. The Kier molecular flexibility index (Phi) is 3.83. The number of aromatic amines is 1. The van der Waals surface area contributed by atoms with Crippen LogP contribution in [0.5, 0.6) is 0 Å². The minimum absolute atomic E-state index is 0.356. The fraction of sp³-hybridized carbons (Fsp3) is 0.706. The molecule has 0 bridgehead atoms. The van der Waals surface area contributed by atoms with Gasteiger partial charge in [-0.25, -0.2) is 0 Å². The number of aryl methyl sites for hydroxylation is 1. The van der Waals surface area contributed by atoms with Gasteiger partial charge in [0.05, 0.1) is 17.7 Å². The van der Waals surface area contributed by atoms with Crippen molar-refractivity contribution in [2.45, 2.75) is 51.0 Å². The monoisotopic (exact) mass is 330 g/mol. The number of aliphatic hydroxyl groups is 1. The highest BCUT2D eigenvalue weighted by Crippen LogP contribution is 2.40. The molecule has 24 heavy (non-hydrogen) atoms. The first kappa shape index (κ1) is 15.6. The van der Waals surface area contributed by atoms with Crippen LogP contribution >= 0.6 is 0 Å². The Morgan fingerprint density at radius 3 is 3.00 bits per heavy atom. The number of rotatable bonds is 3. The fourth-order valence-electron chi connectivity index (χ4n) is 4.26. The van der Waals surface area contributed by atoms with Gasteiger partial charge < -0.3 is 14.6 Å². The van der Waals surface area contributed by atoms with Crippen LogP contribution < -0.4 is 4.90 Å². The van der Waals surface area contributed by atoms with Gasteiger partial charge in [0.15, 0.2) is 0 Å². The maximum absolute atomic E-state index is 10.8. The summed E-state index contributed by atoms with van der Waals surface area (Å²) in [5.74, 6) is 2.18. The summed E-state index contributed by atoms with van der Waals surface area (Å²) in [6, 6.07) is 2.04. The van der Waals surface area contributed by atoms with Crippen LogP contribution in [-0.4, -0.2) is 48.8 Å². The maximum Gasteiger partial charge on any atom is 0.226 e. The van der Waals surface area contributed by atoms with E-state index in [1.807, 2.05) is 20.0 Å². The van der Waals surface area contributed by atoms with Crippen LogP contribution in [0.25, 0.3) is 0 Å². The number of nitrogens with one attached hydrogen (secondary N) is 1. The van der Waals surface area contributed by atoms with E-state index in [1.54, 1.807) is 0 Å². The number of aromatic nitrogens is 5. The Morgan fingerprint density at radius 2 is 2.21 bits per heavy atom. The molecule has 0 aromatic carbocycles. The summed E-state index contributed by atoms with van der Waals surface area (Å²) in [7, 11) is 2.02. The standard InChI is InChI=1S/C17H26N6O/c1-12-9-14(19-18-12)10-15-20-21-16(22(15)2)23-8-7-17(24)6-4-3-5-13(17)11-23/h9,13,24H,3-8,10-11H2,1-2H3,(H,18,19). The van der Waals surface area contributed by atoms with E-state index < -0.39 is 5.60 Å². The average molecular weight is 330 g/mol. The Morgan fingerprint density at radius 1 is 1.33 bits per heavy atom. The van der Waals surface area contributed by atoms with E-state index in [-0.39, 0.29) is 0 Å². The maximum atomic E-state index is 10.8. The molecule has 2 fully saturated rings. The van der Waals surface area contributed by atoms with Gasteiger partial charge in [-0.2, -0.15) is 5.10 Å². The predicted molar refractivity (Wildman–Crippen MR) is 90.9 cm³/mol. The van der Waals surface area contributed by atoms with Gasteiger partial charge in [0, 0.05) is 31.7 Å². The van der Waals surface area contributed by atoms with Crippen LogP contribution in [0.15, 0.2) is 6.07 Å². The molecule has 130 valence electrons. The molecule has 0 amide bonds. The zero-order valence-electron chi connectivity index (χ0n) is 14.5. The third-order valence-corrected chi connectivity index (χ3v) is 5.75. The third-order valence-electron chi connectivity index (χ3n) is 5.75. The van der Waals surface area contributed by atoms with Gasteiger partial charge >= 0.3 is 0 Å². The van der Waals surface area contributed by atoms with E-state index in [1.165, 1.54) is 6.42 Å². The third kappa shape index (κ3) is 2.70. The second-order valence-corrected chi connectivity index (χ2v) is 7.44. The highest BCUT2D eigenvalue weighted by molar-refractivity contribution is 5.33. The van der Waals surface area contributed by atoms with E-state index in [0.717, 1.165) is 61.9 Å². The lowest BCUT2D eigenvalue weighted by Gasteiger charge is -2.47. The number of H-pyrrole nitrogens is 1. The van der Waals surface area contributed by atoms with Crippen molar-refractivity contribution in [3.05, 3.63) is 23.3 Å². The van der Waals surface area contributed by atoms with E-state index in [9.17, 15) is 5.11 Å². The summed E-state index contributed by atoms with van der Waals surface area (Å²) < 4.78 is 2.07. The number of piperidine rings is 1. The average Bonchev–Trinajstić information content (AvgIpc) is 3.13. The molecule has 2 N–H and O–H groups in total. The molecular formula is C17H26N6O. The van der Waals surface area contributed by atoms with E-state index in [2.05, 4.69) is 29.9 Å². The molecule has 1 aliphatic heterocycles. The molecular weight excluding hydrogens is 304 g/mol. The SMILES string of the molecule is Cc1cc(Cc2nnc(N3CCC4(O)CCCCC4C3)n2C)n[nH]1. The molecule has 1 saturated carbocycles. The summed E-state index contributed by atoms with van der Waals surface area (Å²) in [5, 5.41) is 26.9. The van der Waals surface area contributed by atoms with Gasteiger partial charge in [0.1, 0.15) is 5.82 Å². The highest BCUT2D eigenvalue weighted by Gasteiger charge is 2.43. The first-order valence-corrected chi connectivity index (χ1v) is 8.92. The van der Waals surface area contributed by atoms with Crippen molar-refractivity contribution in [3.63, 3.8) is 0 Å². The molecule has 0 radical (unpaired) electrons. The Balaban J connectivity index is 1.51. The van der Waals surface area contributed by atoms with E-state index in [0.29, 0.717) is 12.3 Å². The van der Waals surface area contributed by atoms with Crippen molar-refractivity contribution < 1.29 is 5.11 Å². The van der Waals surface area contributed by atoms with Crippen molar-refractivity contribution in [1.29, 1.82) is 0 Å². The normalized spacial score (nSPS) is 27.3. The van der Waals surface area contributed by atoms with Gasteiger partial charge in [0.25, 0.3) is 0 Å². The number of hydrogen-bond donors (Lipinski definition) is 2. The molecule has 7 nitrogen and oxygen atoms in total. The van der Waals surface area contributed by atoms with Gasteiger partial charge in [-0.05, 0) is 32.3 Å². The van der Waals surface area contributed by atoms with Gasteiger partial charge in [-0.1, -0.05) is 12.8 Å². The van der Waals surface area contributed by atoms with Crippen molar-refractivity contribution in [2.75, 3.05) is 18.0 Å². The van der Waals surface area contributed by atoms with Crippen LogP contribution in [0.2, 0.25) is 0 Å². The molecule has 2 atom stereocenters. The smallest absolute Gasteiger partial charge is 0.226 e. The molecule has 2 aliphatic rings. The molecule has 2 aromatic rings. The second-order valence-electron chi connectivity index (χ2n) is 7.44. The van der Waals surface area contributed by atoms with Crippen LogP contribution in [0, 0.1) is 12.8 Å². The lowest BCUT2D eigenvalue weighted by molar-refractivity contribution is -0.0615. The molecule has 1 saturated heterocycles. The van der Waals surface area contributed by atoms with Crippen molar-refractivity contribution in [2.24, 2.45) is 13.0 Å². The summed E-state index contributed by atoms with van der Waals surface area (Å²) in [4.78, 5) is 2.29. The topological polar surface area (TPSA) is 82.9 Å². The zero-order valence-corrected chi connectivity index (χ0v) is 14.5. The molecule has 0 spiro atoms. The van der Waals surface area contributed by atoms with Crippen LogP contribution in [0.4, 0.5) is 5.95 Å². The number of nitrogens with zero attached hydrogens (tertiary/aromatic N) is 5. The van der Waals surface area contributed by atoms with Crippen molar-refractivity contribution in [3.8, 4) is 0 Å². The predicted octanol–water partition coefficient (Wildman–Crippen LogP) is 1.57. The Hall–Kier alpha value is -1.89. The fourth-order valence-corrected chi connectivity index (χ4v) is 4.26. The minimum Gasteiger partial charge on any atom is -0.389 e. The summed E-state index contributed by atoms with van der Waals surface area (Å²) in [5.41, 5.74) is 1.58. The first-order valence-electron chi connectivity index (χ1n) is 8.92. The molecule has 7 heteroatoms. The summed E-state index contributed by atoms with van der Waals surface area (Å²) in [6.07, 6.45) is 5.96. The molecule has 2 aromatic heterocycles. The van der Waals surface area contributed by atoms with E-state index >= 15 is 0 Å². The quantitative estimate of drug-likeness (QED) is 0.892. The lowest BCUT2D eigenvalue weighted by Crippen LogP contribution is -2.53. The van der Waals surface area contributed by atoms with Crippen LogP contribution in [0.1, 0.15) is 49.3 Å². The largest absolute Gasteiger partial charge is 0.389 e. The van der Waals surface area contributed by atoms with Crippen LogP contribution in [-0.2, 0) is 13.5 Å². The zero-order chi connectivity index (χ0) is 16.7. The Bertz CT molecular complexity index is 722. The first-order chi connectivity index (χ1) is 11.5. The van der Waals surface area contributed by atoms with Crippen LogP contribution in [0.3, 0.4) is 0 Å². The second kappa shape index (κ2) is 5.88. The Labute approximate surface area is 142 Å². The van der Waals surface area contributed by atoms with Gasteiger partial charge in [-0.15, -0.1) is 10.2 Å². The summed E-state index contributed by atoms with van der Waals surface area (Å²) in [6.45, 7) is 3.72. The highest BCUT2D eigenvalue weighted by atomic mass is 16.3. The molecule has 2 unspecified atom stereocenters. The van der Waals surface area contributed by atoms with Crippen molar-refractivity contribution in [1.82, 2.24) is 25.0 Å². The minimum atomic E-state index is -0.456. The van der Waals surface area contributed by atoms with E-state index in [4.69, 9.17) is 0 Å². The molecule has 1 aliphatic carbocycles. The number of fused-ring (bicyclic) bond motifs is 1.